The summed E-state index contributed by atoms with van der Waals surface area (Å²) in [5.74, 6) is -1.17. The van der Waals surface area contributed by atoms with Crippen LogP contribution in [0.2, 0.25) is 0 Å². The Labute approximate surface area is 78.1 Å². The third-order valence-corrected chi connectivity index (χ3v) is 3.85. The number of aldehydes is 1. The van der Waals surface area contributed by atoms with Crippen LogP contribution in [0.4, 0.5) is 0 Å². The molecule has 0 aromatic heterocycles. The van der Waals surface area contributed by atoms with Crippen LogP contribution < -0.4 is 0 Å². The lowest BCUT2D eigenvalue weighted by Gasteiger charge is -2.35. The van der Waals surface area contributed by atoms with Gasteiger partial charge in [0, 0.05) is 5.41 Å². The van der Waals surface area contributed by atoms with Crippen LogP contribution in [0, 0.1) is 16.7 Å². The first kappa shape index (κ1) is 10.2. The van der Waals surface area contributed by atoms with Crippen LogP contribution in [0.15, 0.2) is 0 Å². The van der Waals surface area contributed by atoms with Crippen molar-refractivity contribution in [2.24, 2.45) is 16.7 Å². The van der Waals surface area contributed by atoms with Gasteiger partial charge in [-0.1, -0.05) is 20.8 Å². The summed E-state index contributed by atoms with van der Waals surface area (Å²) in [6, 6.07) is 0. The van der Waals surface area contributed by atoms with Gasteiger partial charge in [-0.05, 0) is 18.3 Å². The van der Waals surface area contributed by atoms with Gasteiger partial charge in [0.25, 0.3) is 0 Å². The maximum Gasteiger partial charge on any atom is 0.307 e. The van der Waals surface area contributed by atoms with Crippen molar-refractivity contribution in [3.63, 3.8) is 0 Å². The number of carboxylic acids is 1. The molecular weight excluding hydrogens is 168 g/mol. The zero-order valence-electron chi connectivity index (χ0n) is 8.33. The van der Waals surface area contributed by atoms with Crippen LogP contribution in [0.25, 0.3) is 0 Å². The van der Waals surface area contributed by atoms with E-state index in [1.54, 1.807) is 0 Å². The summed E-state index contributed by atoms with van der Waals surface area (Å²) >= 11 is 0. The van der Waals surface area contributed by atoms with Gasteiger partial charge in [-0.25, -0.2) is 0 Å². The van der Waals surface area contributed by atoms with Gasteiger partial charge in [0.05, 0.1) is 5.92 Å². The van der Waals surface area contributed by atoms with Crippen molar-refractivity contribution in [2.75, 3.05) is 0 Å². The van der Waals surface area contributed by atoms with Crippen LogP contribution in [-0.2, 0) is 9.59 Å². The number of aliphatic carboxylic acids is 1. The molecule has 0 aromatic rings. The van der Waals surface area contributed by atoms with Crippen molar-refractivity contribution in [1.29, 1.82) is 0 Å². The first-order chi connectivity index (χ1) is 5.85. The van der Waals surface area contributed by atoms with Gasteiger partial charge in [0.1, 0.15) is 6.29 Å². The summed E-state index contributed by atoms with van der Waals surface area (Å²) in [7, 11) is 0. The first-order valence-corrected chi connectivity index (χ1v) is 4.54. The standard InChI is InChI=1S/C10H16O3/c1-9(2)7(8(12)13)4-5-10(9,3)6-11/h6-7H,4-5H2,1-3H3,(H,12,13)/t7-,10+/m1/s1. The zero-order valence-corrected chi connectivity index (χ0v) is 8.33. The second kappa shape index (κ2) is 2.82. The maximum absolute atomic E-state index is 10.9. The highest BCUT2D eigenvalue weighted by Gasteiger charge is 2.54. The largest absolute Gasteiger partial charge is 0.481 e. The van der Waals surface area contributed by atoms with Gasteiger partial charge in [0.2, 0.25) is 0 Å². The molecule has 2 atom stereocenters. The molecule has 0 radical (unpaired) electrons. The smallest absolute Gasteiger partial charge is 0.307 e. The van der Waals surface area contributed by atoms with Gasteiger partial charge in [0.15, 0.2) is 0 Å². The molecule has 13 heavy (non-hydrogen) atoms. The number of rotatable bonds is 2. The molecule has 1 fully saturated rings. The van der Waals surface area contributed by atoms with E-state index in [1.807, 2.05) is 20.8 Å². The lowest BCUT2D eigenvalue weighted by atomic mass is 9.66. The van der Waals surface area contributed by atoms with E-state index in [0.717, 1.165) is 6.29 Å². The van der Waals surface area contributed by atoms with Gasteiger partial charge in [-0.2, -0.15) is 0 Å². The Bertz CT molecular complexity index is 245. The van der Waals surface area contributed by atoms with E-state index in [2.05, 4.69) is 0 Å². The summed E-state index contributed by atoms with van der Waals surface area (Å²) in [5.41, 5.74) is -0.906. The molecule has 0 saturated heterocycles. The minimum absolute atomic E-state index is 0.386. The molecule has 1 aliphatic carbocycles. The Hall–Kier alpha value is -0.860. The van der Waals surface area contributed by atoms with Crippen LogP contribution in [0.1, 0.15) is 33.6 Å². The van der Waals surface area contributed by atoms with Crippen LogP contribution in [0.3, 0.4) is 0 Å². The molecule has 1 rings (SSSR count). The highest BCUT2D eigenvalue weighted by Crippen LogP contribution is 2.54. The Balaban J connectivity index is 3.01. The van der Waals surface area contributed by atoms with Crippen molar-refractivity contribution in [2.45, 2.75) is 33.6 Å². The fourth-order valence-corrected chi connectivity index (χ4v) is 2.17. The molecule has 0 unspecified atom stereocenters. The first-order valence-electron chi connectivity index (χ1n) is 4.54. The molecule has 3 nitrogen and oxygen atoms in total. The fraction of sp³-hybridized carbons (Fsp3) is 0.800. The highest BCUT2D eigenvalue weighted by molar-refractivity contribution is 5.74. The maximum atomic E-state index is 10.9. The van der Waals surface area contributed by atoms with Crippen LogP contribution in [-0.4, -0.2) is 17.4 Å². The summed E-state index contributed by atoms with van der Waals surface area (Å²) in [4.78, 5) is 21.8. The normalized spacial score (nSPS) is 37.3. The fourth-order valence-electron chi connectivity index (χ4n) is 2.17. The van der Waals surface area contributed by atoms with Crippen LogP contribution >= 0.6 is 0 Å². The summed E-state index contributed by atoms with van der Waals surface area (Å²) in [5, 5.41) is 8.96. The van der Waals surface area contributed by atoms with E-state index >= 15 is 0 Å². The SMILES string of the molecule is CC1(C)[C@@H](C(=O)O)CC[C@@]1(C)C=O. The Morgan fingerprint density at radius 2 is 2.00 bits per heavy atom. The molecule has 0 amide bonds. The minimum Gasteiger partial charge on any atom is -0.481 e. The Morgan fingerprint density at radius 1 is 1.46 bits per heavy atom. The van der Waals surface area contributed by atoms with E-state index in [0.29, 0.717) is 12.8 Å². The van der Waals surface area contributed by atoms with E-state index < -0.39 is 16.8 Å². The Kier molecular flexibility index (Phi) is 2.22. The predicted molar refractivity (Wildman–Crippen MR) is 48.3 cm³/mol. The third-order valence-electron chi connectivity index (χ3n) is 3.85. The number of hydrogen-bond acceptors (Lipinski definition) is 2. The average Bonchev–Trinajstić information content (AvgIpc) is 2.24. The topological polar surface area (TPSA) is 54.4 Å². The molecule has 1 aliphatic rings. The Morgan fingerprint density at radius 3 is 2.23 bits per heavy atom. The molecule has 74 valence electrons. The third kappa shape index (κ3) is 1.26. The van der Waals surface area contributed by atoms with Crippen molar-refractivity contribution in [1.82, 2.24) is 0 Å². The quantitative estimate of drug-likeness (QED) is 0.665. The van der Waals surface area contributed by atoms with Crippen molar-refractivity contribution >= 4 is 12.3 Å². The zero-order chi connectivity index (χ0) is 10.3. The molecule has 0 bridgehead atoms. The van der Waals surface area contributed by atoms with Crippen molar-refractivity contribution in [3.8, 4) is 0 Å². The van der Waals surface area contributed by atoms with Gasteiger partial charge in [-0.3, -0.25) is 4.79 Å². The highest BCUT2D eigenvalue weighted by atomic mass is 16.4. The molecule has 0 aromatic carbocycles. The predicted octanol–water partition coefficient (Wildman–Crippen LogP) is 1.71. The lowest BCUT2D eigenvalue weighted by Crippen LogP contribution is -2.38. The summed E-state index contributed by atoms with van der Waals surface area (Å²) < 4.78 is 0. The summed E-state index contributed by atoms with van der Waals surface area (Å²) in [6.07, 6.45) is 2.20. The molecule has 1 saturated carbocycles. The summed E-state index contributed by atoms with van der Waals surface area (Å²) in [6.45, 7) is 5.59. The van der Waals surface area contributed by atoms with Gasteiger partial charge < -0.3 is 9.90 Å². The van der Waals surface area contributed by atoms with Crippen molar-refractivity contribution in [3.05, 3.63) is 0 Å². The number of carboxylic acid groups (broad SMARTS) is 1. The number of carbonyl (C=O) groups is 2. The number of carbonyl (C=O) groups excluding carboxylic acids is 1. The average molecular weight is 184 g/mol. The van der Waals surface area contributed by atoms with E-state index in [9.17, 15) is 9.59 Å². The monoisotopic (exact) mass is 184 g/mol. The second-order valence-corrected chi connectivity index (χ2v) is 4.69. The number of hydrogen-bond donors (Lipinski definition) is 1. The molecule has 0 aliphatic heterocycles. The van der Waals surface area contributed by atoms with Crippen molar-refractivity contribution < 1.29 is 14.7 Å². The van der Waals surface area contributed by atoms with E-state index in [-0.39, 0.29) is 5.92 Å². The molecule has 0 spiro atoms. The van der Waals surface area contributed by atoms with Gasteiger partial charge >= 0.3 is 5.97 Å². The second-order valence-electron chi connectivity index (χ2n) is 4.69. The van der Waals surface area contributed by atoms with Gasteiger partial charge in [-0.15, -0.1) is 0 Å². The minimum atomic E-state index is -0.782. The van der Waals surface area contributed by atoms with E-state index in [4.69, 9.17) is 5.11 Å². The van der Waals surface area contributed by atoms with E-state index in [1.165, 1.54) is 0 Å². The molecular formula is C10H16O3. The molecule has 1 N–H and O–H groups in total. The molecule has 0 heterocycles. The van der Waals surface area contributed by atoms with Crippen LogP contribution in [0.5, 0.6) is 0 Å². The molecule has 3 heteroatoms. The lowest BCUT2D eigenvalue weighted by molar-refractivity contribution is -0.146.